The lowest BCUT2D eigenvalue weighted by Crippen LogP contribution is -2.45. The van der Waals surface area contributed by atoms with Crippen LogP contribution in [0.1, 0.15) is 44.1 Å². The zero-order chi connectivity index (χ0) is 19.1. The third-order valence-corrected chi connectivity index (χ3v) is 5.12. The predicted octanol–water partition coefficient (Wildman–Crippen LogP) is 1.48. The van der Waals surface area contributed by atoms with E-state index in [1.165, 1.54) is 0 Å². The molecule has 1 saturated carbocycles. The minimum Gasteiger partial charge on any atom is -0.474 e. The van der Waals surface area contributed by atoms with Crippen LogP contribution in [0, 0.1) is 5.92 Å². The maximum Gasteiger partial charge on any atom is 0.315 e. The molecule has 1 aliphatic carbocycles. The van der Waals surface area contributed by atoms with Crippen molar-refractivity contribution in [2.45, 2.75) is 57.2 Å². The van der Waals surface area contributed by atoms with Gasteiger partial charge in [-0.05, 0) is 30.9 Å². The lowest BCUT2D eigenvalue weighted by molar-refractivity contribution is -0.122. The van der Waals surface area contributed by atoms with Gasteiger partial charge >= 0.3 is 6.03 Å². The summed E-state index contributed by atoms with van der Waals surface area (Å²) in [5.74, 6) is 0.142. The van der Waals surface area contributed by atoms with E-state index in [4.69, 9.17) is 15.2 Å². The van der Waals surface area contributed by atoms with E-state index < -0.39 is 0 Å². The molecule has 1 aromatic rings. The summed E-state index contributed by atoms with van der Waals surface area (Å²) in [6, 6.07) is 3.44. The van der Waals surface area contributed by atoms with Gasteiger partial charge in [0.05, 0.1) is 13.2 Å². The molecule has 8 nitrogen and oxygen atoms in total. The smallest absolute Gasteiger partial charge is 0.315 e. The van der Waals surface area contributed by atoms with E-state index in [0.717, 1.165) is 37.7 Å². The third-order valence-electron chi connectivity index (χ3n) is 5.12. The molecular formula is C19H28N4O4. The highest BCUT2D eigenvalue weighted by Crippen LogP contribution is 2.24. The van der Waals surface area contributed by atoms with Crippen LogP contribution < -0.4 is 21.1 Å². The van der Waals surface area contributed by atoms with Crippen molar-refractivity contribution in [1.82, 2.24) is 15.6 Å². The summed E-state index contributed by atoms with van der Waals surface area (Å²) >= 11 is 0. The van der Waals surface area contributed by atoms with Gasteiger partial charge in [-0.15, -0.1) is 0 Å². The number of nitrogens with one attached hydrogen (secondary N) is 2. The molecule has 8 heteroatoms. The van der Waals surface area contributed by atoms with Crippen molar-refractivity contribution in [1.29, 1.82) is 0 Å². The van der Waals surface area contributed by atoms with Crippen molar-refractivity contribution in [3.05, 3.63) is 23.9 Å². The molecule has 27 heavy (non-hydrogen) atoms. The number of nitrogens with two attached hydrogens (primary N) is 1. The number of hydrogen-bond donors (Lipinski definition) is 3. The van der Waals surface area contributed by atoms with E-state index in [1.54, 1.807) is 6.20 Å². The summed E-state index contributed by atoms with van der Waals surface area (Å²) in [4.78, 5) is 27.7. The Kier molecular flexibility index (Phi) is 6.86. The molecule has 0 radical (unpaired) electrons. The average Bonchev–Trinajstić information content (AvgIpc) is 2.68. The first-order valence-electron chi connectivity index (χ1n) is 9.63. The normalized spacial score (nSPS) is 23.4. The van der Waals surface area contributed by atoms with E-state index in [1.807, 2.05) is 12.1 Å². The van der Waals surface area contributed by atoms with Gasteiger partial charge in [0.1, 0.15) is 6.10 Å². The monoisotopic (exact) mass is 376 g/mol. The summed E-state index contributed by atoms with van der Waals surface area (Å²) in [5, 5.41) is 5.79. The Labute approximate surface area is 159 Å². The van der Waals surface area contributed by atoms with Crippen molar-refractivity contribution in [3.63, 3.8) is 0 Å². The van der Waals surface area contributed by atoms with Crippen LogP contribution in [0.3, 0.4) is 0 Å². The highest BCUT2D eigenvalue weighted by Gasteiger charge is 2.26. The van der Waals surface area contributed by atoms with Crippen LogP contribution in [-0.2, 0) is 16.1 Å². The van der Waals surface area contributed by atoms with Crippen molar-refractivity contribution < 1.29 is 19.1 Å². The Balaban J connectivity index is 1.44. The molecular weight excluding hydrogens is 348 g/mol. The SMILES string of the molecule is NC(=O)C1CCCC(NC(=O)NCc2ccnc(OC3CCOCC3)c2)C1. The molecule has 2 aliphatic rings. The Bertz CT molecular complexity index is 648. The molecule has 4 N–H and O–H groups in total. The van der Waals surface area contributed by atoms with Crippen LogP contribution >= 0.6 is 0 Å². The van der Waals surface area contributed by atoms with Gasteiger partial charge in [0, 0.05) is 43.6 Å². The van der Waals surface area contributed by atoms with Gasteiger partial charge in [-0.3, -0.25) is 4.79 Å². The van der Waals surface area contributed by atoms with Crippen LogP contribution in [0.15, 0.2) is 18.3 Å². The Hall–Kier alpha value is -2.35. The fourth-order valence-corrected chi connectivity index (χ4v) is 3.59. The van der Waals surface area contributed by atoms with E-state index in [2.05, 4.69) is 15.6 Å². The highest BCUT2D eigenvalue weighted by atomic mass is 16.5. The van der Waals surface area contributed by atoms with Crippen LogP contribution in [0.2, 0.25) is 0 Å². The van der Waals surface area contributed by atoms with Crippen LogP contribution in [-0.4, -0.2) is 42.3 Å². The number of aromatic nitrogens is 1. The average molecular weight is 376 g/mol. The second kappa shape index (κ2) is 9.55. The fraction of sp³-hybridized carbons (Fsp3) is 0.632. The summed E-state index contributed by atoms with van der Waals surface area (Å²) in [7, 11) is 0. The quantitative estimate of drug-likeness (QED) is 0.695. The lowest BCUT2D eigenvalue weighted by atomic mass is 9.85. The second-order valence-electron chi connectivity index (χ2n) is 7.22. The van der Waals surface area contributed by atoms with E-state index >= 15 is 0 Å². The van der Waals surface area contributed by atoms with Gasteiger partial charge in [-0.1, -0.05) is 6.42 Å². The first kappa shape index (κ1) is 19.4. The molecule has 148 valence electrons. The number of amides is 3. The summed E-state index contributed by atoms with van der Waals surface area (Å²) < 4.78 is 11.2. The summed E-state index contributed by atoms with van der Waals surface area (Å²) in [5.41, 5.74) is 6.30. The van der Waals surface area contributed by atoms with Crippen molar-refractivity contribution in [2.24, 2.45) is 11.7 Å². The van der Waals surface area contributed by atoms with Gasteiger partial charge in [0.2, 0.25) is 11.8 Å². The Morgan fingerprint density at radius 1 is 1.26 bits per heavy atom. The number of pyridine rings is 1. The first-order valence-corrected chi connectivity index (χ1v) is 9.63. The lowest BCUT2D eigenvalue weighted by Gasteiger charge is -2.27. The number of urea groups is 1. The van der Waals surface area contributed by atoms with Crippen LogP contribution in [0.5, 0.6) is 5.88 Å². The van der Waals surface area contributed by atoms with Gasteiger partial charge in [-0.25, -0.2) is 9.78 Å². The van der Waals surface area contributed by atoms with Crippen molar-refractivity contribution in [3.8, 4) is 5.88 Å². The van der Waals surface area contributed by atoms with E-state index in [-0.39, 0.29) is 30.0 Å². The van der Waals surface area contributed by atoms with Gasteiger partial charge in [-0.2, -0.15) is 0 Å². The molecule has 1 aliphatic heterocycles. The van der Waals surface area contributed by atoms with Crippen molar-refractivity contribution >= 4 is 11.9 Å². The molecule has 1 aromatic heterocycles. The maximum atomic E-state index is 12.2. The van der Waals surface area contributed by atoms with Crippen molar-refractivity contribution in [2.75, 3.05) is 13.2 Å². The minimum atomic E-state index is -0.282. The van der Waals surface area contributed by atoms with E-state index in [9.17, 15) is 9.59 Å². The topological polar surface area (TPSA) is 116 Å². The number of hydrogen-bond acceptors (Lipinski definition) is 5. The second-order valence-corrected chi connectivity index (χ2v) is 7.22. The Morgan fingerprint density at radius 2 is 2.07 bits per heavy atom. The molecule has 0 spiro atoms. The Morgan fingerprint density at radius 3 is 2.85 bits per heavy atom. The highest BCUT2D eigenvalue weighted by molar-refractivity contribution is 5.77. The summed E-state index contributed by atoms with van der Waals surface area (Å²) in [6.45, 7) is 1.80. The van der Waals surface area contributed by atoms with Crippen LogP contribution in [0.4, 0.5) is 4.79 Å². The van der Waals surface area contributed by atoms with Gasteiger partial charge in [0.25, 0.3) is 0 Å². The summed E-state index contributed by atoms with van der Waals surface area (Å²) in [6.07, 6.45) is 6.72. The van der Waals surface area contributed by atoms with Crippen LogP contribution in [0.25, 0.3) is 0 Å². The maximum absolute atomic E-state index is 12.2. The zero-order valence-corrected chi connectivity index (χ0v) is 15.5. The molecule has 2 unspecified atom stereocenters. The fourth-order valence-electron chi connectivity index (χ4n) is 3.59. The molecule has 3 rings (SSSR count). The van der Waals surface area contributed by atoms with E-state index in [0.29, 0.717) is 32.1 Å². The first-order chi connectivity index (χ1) is 13.1. The molecule has 0 bridgehead atoms. The third kappa shape index (κ3) is 6.09. The van der Waals surface area contributed by atoms with Gasteiger partial charge < -0.3 is 25.8 Å². The number of ether oxygens (including phenoxy) is 2. The molecule has 0 aromatic carbocycles. The number of rotatable bonds is 6. The zero-order valence-electron chi connectivity index (χ0n) is 15.5. The molecule has 2 heterocycles. The molecule has 1 saturated heterocycles. The largest absolute Gasteiger partial charge is 0.474 e. The molecule has 2 atom stereocenters. The van der Waals surface area contributed by atoms with Gasteiger partial charge in [0.15, 0.2) is 0 Å². The number of primary amides is 1. The molecule has 2 fully saturated rings. The predicted molar refractivity (Wildman–Crippen MR) is 99.0 cm³/mol. The standard InChI is InChI=1S/C19H28N4O4/c20-18(24)14-2-1-3-15(11-14)23-19(25)22-12-13-4-7-21-17(10-13)27-16-5-8-26-9-6-16/h4,7,10,14-16H,1-3,5-6,8-9,11-12H2,(H2,20,24)(H2,22,23,25). The number of nitrogens with zero attached hydrogens (tertiary/aromatic N) is 1. The number of carbonyl (C=O) groups is 2. The minimum absolute atomic E-state index is 0.0129. The number of carbonyl (C=O) groups excluding carboxylic acids is 2. The molecule has 3 amide bonds.